The molecular weight excluding hydrogens is 290 g/mol. The van der Waals surface area contributed by atoms with Gasteiger partial charge in [-0.2, -0.15) is 0 Å². The molecule has 7 nitrogen and oxygen atoms in total. The maximum Gasteiger partial charge on any atom is 0.224 e. The lowest BCUT2D eigenvalue weighted by Gasteiger charge is -2.17. The third kappa shape index (κ3) is 3.40. The Morgan fingerprint density at radius 3 is 3.19 bits per heavy atom. The Kier molecular flexibility index (Phi) is 4.16. The Labute approximate surface area is 125 Å². The fourth-order valence-corrected chi connectivity index (χ4v) is 3.09. The van der Waals surface area contributed by atoms with Crippen LogP contribution in [-0.4, -0.2) is 29.3 Å². The number of fused-ring (bicyclic) bond motifs is 1. The standard InChI is InChI=1S/C13H17N5O2S/c1-18-16-15-17-21(18)8-2-7-20-11-4-5-12-10(9-11)3-6-13(19)14-12/h4-5,8-9H,2-3,6-7H2,1H3,(H,14,19)(H,16,17). The summed E-state index contributed by atoms with van der Waals surface area (Å²) < 4.78 is 11.6. The van der Waals surface area contributed by atoms with Crippen molar-refractivity contribution in [2.45, 2.75) is 19.3 Å². The zero-order chi connectivity index (χ0) is 14.7. The molecule has 1 unspecified atom stereocenters. The predicted octanol–water partition coefficient (Wildman–Crippen LogP) is 2.06. The van der Waals surface area contributed by atoms with E-state index in [1.165, 1.54) is 0 Å². The van der Waals surface area contributed by atoms with Crippen LogP contribution >= 0.6 is 10.9 Å². The second kappa shape index (κ2) is 6.23. The predicted molar refractivity (Wildman–Crippen MR) is 82.9 cm³/mol. The molecule has 1 atom stereocenters. The lowest BCUT2D eigenvalue weighted by atomic mass is 10.0. The minimum Gasteiger partial charge on any atom is -0.493 e. The molecule has 1 aromatic rings. The number of anilines is 1. The zero-order valence-electron chi connectivity index (χ0n) is 11.7. The number of hydrogen-bond acceptors (Lipinski definition) is 6. The van der Waals surface area contributed by atoms with E-state index >= 15 is 0 Å². The highest BCUT2D eigenvalue weighted by Crippen LogP contribution is 2.27. The smallest absolute Gasteiger partial charge is 0.224 e. The summed E-state index contributed by atoms with van der Waals surface area (Å²) in [7, 11) is 1.59. The van der Waals surface area contributed by atoms with Crippen LogP contribution in [0.1, 0.15) is 18.4 Å². The van der Waals surface area contributed by atoms with Gasteiger partial charge in [-0.1, -0.05) is 4.52 Å². The molecule has 3 rings (SSSR count). The van der Waals surface area contributed by atoms with Gasteiger partial charge >= 0.3 is 0 Å². The molecule has 0 aromatic heterocycles. The number of carbonyl (C=O) groups is 1. The highest BCUT2D eigenvalue weighted by Gasteiger charge is 2.15. The van der Waals surface area contributed by atoms with Crippen LogP contribution in [0.25, 0.3) is 0 Å². The molecule has 0 aliphatic carbocycles. The first kappa shape index (κ1) is 14.0. The van der Waals surface area contributed by atoms with Gasteiger partial charge in [0.15, 0.2) is 0 Å². The SMILES string of the molecule is CN1NN=NS1=CCCOc1ccc2c(c1)CCC(=O)N2. The molecule has 1 amide bonds. The van der Waals surface area contributed by atoms with Crippen LogP contribution < -0.4 is 15.6 Å². The van der Waals surface area contributed by atoms with Crippen molar-refractivity contribution in [1.29, 1.82) is 0 Å². The summed E-state index contributed by atoms with van der Waals surface area (Å²) in [6.45, 7) is 0.595. The number of ether oxygens (including phenoxy) is 1. The molecule has 0 spiro atoms. The lowest BCUT2D eigenvalue weighted by Crippen LogP contribution is -2.19. The third-order valence-corrected chi connectivity index (χ3v) is 4.64. The van der Waals surface area contributed by atoms with E-state index in [1.807, 2.05) is 29.7 Å². The quantitative estimate of drug-likeness (QED) is 0.659. The average molecular weight is 307 g/mol. The van der Waals surface area contributed by atoms with Crippen molar-refractivity contribution >= 4 is 27.8 Å². The van der Waals surface area contributed by atoms with E-state index in [0.717, 1.165) is 29.8 Å². The number of rotatable bonds is 4. The summed E-state index contributed by atoms with van der Waals surface area (Å²) in [4.78, 5) is 11.3. The molecule has 1 aromatic carbocycles. The van der Waals surface area contributed by atoms with Crippen LogP contribution in [-0.2, 0) is 11.2 Å². The topological polar surface area (TPSA) is 78.3 Å². The number of aryl methyl sites for hydroxylation is 1. The van der Waals surface area contributed by atoms with Crippen LogP contribution in [0.15, 0.2) is 27.9 Å². The zero-order valence-corrected chi connectivity index (χ0v) is 12.5. The number of carbonyl (C=O) groups excluding carboxylic acids is 1. The van der Waals surface area contributed by atoms with Gasteiger partial charge in [-0.3, -0.25) is 4.79 Å². The van der Waals surface area contributed by atoms with Gasteiger partial charge in [0.1, 0.15) is 5.75 Å². The summed E-state index contributed by atoms with van der Waals surface area (Å²) in [6.07, 6.45) is 2.10. The highest BCUT2D eigenvalue weighted by atomic mass is 32.2. The van der Waals surface area contributed by atoms with E-state index in [2.05, 4.69) is 26.0 Å². The molecule has 2 heterocycles. The van der Waals surface area contributed by atoms with E-state index < -0.39 is 0 Å². The minimum atomic E-state index is -0.308. The van der Waals surface area contributed by atoms with Crippen molar-refractivity contribution in [2.24, 2.45) is 9.74 Å². The molecule has 0 bridgehead atoms. The van der Waals surface area contributed by atoms with E-state index in [4.69, 9.17) is 4.74 Å². The van der Waals surface area contributed by atoms with Gasteiger partial charge in [0.25, 0.3) is 0 Å². The minimum absolute atomic E-state index is 0.0789. The van der Waals surface area contributed by atoms with E-state index in [-0.39, 0.29) is 16.8 Å². The summed E-state index contributed by atoms with van der Waals surface area (Å²) in [5.74, 6) is 0.913. The Bertz CT molecular complexity index is 617. The van der Waals surface area contributed by atoms with Gasteiger partial charge in [0.05, 0.1) is 6.61 Å². The van der Waals surface area contributed by atoms with Crippen molar-refractivity contribution in [3.8, 4) is 5.75 Å². The second-order valence-electron chi connectivity index (χ2n) is 4.74. The molecule has 2 N–H and O–H groups in total. The van der Waals surface area contributed by atoms with E-state index in [0.29, 0.717) is 13.0 Å². The largest absolute Gasteiger partial charge is 0.493 e. The van der Waals surface area contributed by atoms with Crippen molar-refractivity contribution in [2.75, 3.05) is 19.0 Å². The van der Waals surface area contributed by atoms with Gasteiger partial charge in [-0.25, -0.2) is 5.53 Å². The normalized spacial score (nSPS) is 21.0. The lowest BCUT2D eigenvalue weighted by molar-refractivity contribution is -0.116. The number of nitrogens with one attached hydrogen (secondary N) is 2. The highest BCUT2D eigenvalue weighted by molar-refractivity contribution is 8.11. The first-order valence-corrected chi connectivity index (χ1v) is 7.95. The molecule has 8 heteroatoms. The Balaban J connectivity index is 1.54. The van der Waals surface area contributed by atoms with Gasteiger partial charge < -0.3 is 10.1 Å². The van der Waals surface area contributed by atoms with Crippen molar-refractivity contribution in [3.05, 3.63) is 23.8 Å². The van der Waals surface area contributed by atoms with Gasteiger partial charge in [0, 0.05) is 36.4 Å². The maximum atomic E-state index is 11.3. The number of hydrazine groups is 1. The molecular formula is C13H17N5O2S. The molecule has 0 saturated carbocycles. The van der Waals surface area contributed by atoms with Gasteiger partial charge in [0.2, 0.25) is 5.91 Å². The molecule has 112 valence electrons. The fraction of sp³-hybridized carbons (Fsp3) is 0.385. The Morgan fingerprint density at radius 2 is 2.38 bits per heavy atom. The fourth-order valence-electron chi connectivity index (χ4n) is 2.14. The summed E-state index contributed by atoms with van der Waals surface area (Å²) in [5, 5.41) is 8.68. The van der Waals surface area contributed by atoms with Crippen LogP contribution in [0.2, 0.25) is 0 Å². The first-order valence-electron chi connectivity index (χ1n) is 6.75. The second-order valence-corrected chi connectivity index (χ2v) is 6.37. The maximum absolute atomic E-state index is 11.3. The summed E-state index contributed by atoms with van der Waals surface area (Å²) >= 11 is 0. The van der Waals surface area contributed by atoms with Crippen LogP contribution in [0.4, 0.5) is 5.69 Å². The summed E-state index contributed by atoms with van der Waals surface area (Å²) in [6, 6.07) is 5.78. The van der Waals surface area contributed by atoms with E-state index in [9.17, 15) is 4.79 Å². The molecule has 2 aliphatic rings. The molecule has 0 saturated heterocycles. The van der Waals surface area contributed by atoms with Crippen LogP contribution in [0.5, 0.6) is 5.75 Å². The first-order chi connectivity index (χ1) is 10.2. The Hall–Kier alpha value is -1.93. The molecule has 2 aliphatic heterocycles. The number of hydrogen-bond donors (Lipinski definition) is 2. The van der Waals surface area contributed by atoms with Crippen molar-refractivity contribution in [1.82, 2.24) is 9.95 Å². The average Bonchev–Trinajstić information content (AvgIpc) is 2.89. The molecule has 0 radical (unpaired) electrons. The monoisotopic (exact) mass is 307 g/mol. The number of amides is 1. The van der Waals surface area contributed by atoms with Crippen molar-refractivity contribution < 1.29 is 9.53 Å². The molecule has 0 fully saturated rings. The van der Waals surface area contributed by atoms with Crippen LogP contribution in [0.3, 0.4) is 0 Å². The summed E-state index contributed by atoms with van der Waals surface area (Å²) in [5.41, 5.74) is 4.79. The van der Waals surface area contributed by atoms with Gasteiger partial charge in [-0.15, -0.1) is 4.41 Å². The molecule has 21 heavy (non-hydrogen) atoms. The van der Waals surface area contributed by atoms with E-state index in [1.54, 1.807) is 0 Å². The number of nitrogens with zero attached hydrogens (tertiary/aromatic N) is 3. The Morgan fingerprint density at radius 1 is 1.48 bits per heavy atom. The van der Waals surface area contributed by atoms with Gasteiger partial charge in [-0.05, 0) is 40.8 Å². The van der Waals surface area contributed by atoms with Crippen molar-refractivity contribution in [3.63, 3.8) is 0 Å². The third-order valence-electron chi connectivity index (χ3n) is 3.22. The number of benzene rings is 1. The van der Waals surface area contributed by atoms with Crippen LogP contribution in [0, 0.1) is 0 Å².